The van der Waals surface area contributed by atoms with Crippen LogP contribution in [0.4, 0.5) is 11.4 Å². The highest BCUT2D eigenvalue weighted by Crippen LogP contribution is 2.37. The van der Waals surface area contributed by atoms with E-state index in [-0.39, 0.29) is 23.3 Å². The Morgan fingerprint density at radius 1 is 1.03 bits per heavy atom. The van der Waals surface area contributed by atoms with Gasteiger partial charge in [-0.15, -0.1) is 0 Å². The first kappa shape index (κ1) is 22.7. The maximum Gasteiger partial charge on any atom is 0.338 e. The normalized spacial score (nSPS) is 16.0. The van der Waals surface area contributed by atoms with Gasteiger partial charge in [0.15, 0.2) is 18.1 Å². The van der Waals surface area contributed by atoms with E-state index in [1.54, 1.807) is 30.3 Å². The number of carbonyl (C=O) groups excluding carboxylic acids is 2. The van der Waals surface area contributed by atoms with Crippen LogP contribution in [-0.4, -0.2) is 39.7 Å². The highest BCUT2D eigenvalue weighted by Gasteiger charge is 2.36. The van der Waals surface area contributed by atoms with Gasteiger partial charge in [-0.1, -0.05) is 24.3 Å². The van der Waals surface area contributed by atoms with Crippen molar-refractivity contribution in [3.8, 4) is 11.5 Å². The molecule has 3 aromatic carbocycles. The number of para-hydroxylation sites is 1. The van der Waals surface area contributed by atoms with Gasteiger partial charge in [-0.05, 0) is 55.3 Å². The van der Waals surface area contributed by atoms with Crippen LogP contribution in [0.3, 0.4) is 0 Å². The molecule has 0 saturated heterocycles. The number of rotatable bonds is 6. The fourth-order valence-electron chi connectivity index (χ4n) is 4.19. The molecular weight excluding hydrogens is 472 g/mol. The minimum Gasteiger partial charge on any atom is -0.454 e. The highest BCUT2D eigenvalue weighted by molar-refractivity contribution is 7.92. The lowest BCUT2D eigenvalue weighted by atomic mass is 10.1. The van der Waals surface area contributed by atoms with Crippen molar-refractivity contribution in [3.63, 3.8) is 0 Å². The third-order valence-corrected chi connectivity index (χ3v) is 7.69. The number of anilines is 2. The van der Waals surface area contributed by atoms with Gasteiger partial charge < -0.3 is 19.5 Å². The van der Waals surface area contributed by atoms with Gasteiger partial charge in [0.2, 0.25) is 6.79 Å². The number of esters is 1. The molecule has 1 amide bonds. The van der Waals surface area contributed by atoms with Gasteiger partial charge in [0.05, 0.1) is 16.1 Å². The van der Waals surface area contributed by atoms with Gasteiger partial charge in [0, 0.05) is 17.8 Å². The molecule has 0 spiro atoms. The topological polar surface area (TPSA) is 111 Å². The van der Waals surface area contributed by atoms with Crippen LogP contribution in [0.1, 0.15) is 22.8 Å². The van der Waals surface area contributed by atoms with Crippen LogP contribution >= 0.6 is 0 Å². The summed E-state index contributed by atoms with van der Waals surface area (Å²) in [6.07, 6.45) is 0.607. The van der Waals surface area contributed by atoms with E-state index in [0.29, 0.717) is 29.3 Å². The Hall–Kier alpha value is -4.05. The van der Waals surface area contributed by atoms with Crippen LogP contribution < -0.4 is 19.1 Å². The van der Waals surface area contributed by atoms with E-state index in [0.717, 1.165) is 5.56 Å². The first-order chi connectivity index (χ1) is 16.8. The van der Waals surface area contributed by atoms with Gasteiger partial charge in [-0.3, -0.25) is 9.10 Å². The summed E-state index contributed by atoms with van der Waals surface area (Å²) in [5.74, 6) is -0.273. The van der Waals surface area contributed by atoms with Crippen molar-refractivity contribution in [1.29, 1.82) is 0 Å². The van der Waals surface area contributed by atoms with Crippen LogP contribution in [0.15, 0.2) is 71.6 Å². The monoisotopic (exact) mass is 494 g/mol. The molecule has 10 heteroatoms. The van der Waals surface area contributed by atoms with E-state index < -0.39 is 28.5 Å². The number of fused-ring (bicyclic) bond motifs is 2. The Bertz CT molecular complexity index is 1420. The van der Waals surface area contributed by atoms with Gasteiger partial charge in [0.25, 0.3) is 15.9 Å². The predicted octanol–water partition coefficient (Wildman–Crippen LogP) is 3.35. The van der Waals surface area contributed by atoms with E-state index in [1.165, 1.54) is 28.6 Å². The second kappa shape index (κ2) is 8.95. The van der Waals surface area contributed by atoms with Crippen molar-refractivity contribution in [2.24, 2.45) is 0 Å². The molecule has 180 valence electrons. The number of nitrogens with one attached hydrogen (secondary N) is 1. The lowest BCUT2D eigenvalue weighted by molar-refractivity contribution is -0.119. The largest absolute Gasteiger partial charge is 0.454 e. The van der Waals surface area contributed by atoms with Crippen molar-refractivity contribution in [2.75, 3.05) is 23.0 Å². The molecule has 3 aromatic rings. The Balaban J connectivity index is 1.26. The van der Waals surface area contributed by atoms with Crippen LogP contribution in [0, 0.1) is 0 Å². The molecule has 0 unspecified atom stereocenters. The number of nitrogens with zero attached hydrogens (tertiary/aromatic N) is 1. The summed E-state index contributed by atoms with van der Waals surface area (Å²) in [7, 11) is -3.91. The molecule has 2 heterocycles. The molecule has 9 nitrogen and oxygen atoms in total. The first-order valence-electron chi connectivity index (χ1n) is 10.9. The molecule has 2 aliphatic rings. The number of sulfonamides is 1. The van der Waals surface area contributed by atoms with Crippen molar-refractivity contribution in [3.05, 3.63) is 77.9 Å². The fraction of sp³-hybridized carbons (Fsp3) is 0.200. The van der Waals surface area contributed by atoms with Crippen molar-refractivity contribution in [1.82, 2.24) is 0 Å². The minimum absolute atomic E-state index is 0.0275. The summed E-state index contributed by atoms with van der Waals surface area (Å²) >= 11 is 0. The summed E-state index contributed by atoms with van der Waals surface area (Å²) in [4.78, 5) is 24.8. The Morgan fingerprint density at radius 3 is 2.69 bits per heavy atom. The standard InChI is InChI=1S/C25H22N2O7S/c1-16-11-17-5-2-3-8-21(17)27(16)35(30,31)20-7-4-6-18(12-20)25(29)32-14-24(28)26-19-9-10-22-23(13-19)34-15-33-22/h2-10,12-13,16H,11,14-15H2,1H3,(H,26,28)/t16-/m1/s1. The zero-order chi connectivity index (χ0) is 24.6. The van der Waals surface area contributed by atoms with E-state index >= 15 is 0 Å². The zero-order valence-corrected chi connectivity index (χ0v) is 19.6. The van der Waals surface area contributed by atoms with Crippen molar-refractivity contribution < 1.29 is 32.2 Å². The van der Waals surface area contributed by atoms with Gasteiger partial charge >= 0.3 is 5.97 Å². The lowest BCUT2D eigenvalue weighted by Crippen LogP contribution is -2.35. The second-order valence-electron chi connectivity index (χ2n) is 8.20. The molecule has 0 bridgehead atoms. The van der Waals surface area contributed by atoms with Crippen LogP contribution in [0.5, 0.6) is 11.5 Å². The van der Waals surface area contributed by atoms with Crippen LogP contribution in [0.25, 0.3) is 0 Å². The van der Waals surface area contributed by atoms with Crippen LogP contribution in [0.2, 0.25) is 0 Å². The number of hydrogen-bond acceptors (Lipinski definition) is 7. The van der Waals surface area contributed by atoms with Gasteiger partial charge in [0.1, 0.15) is 0 Å². The molecule has 35 heavy (non-hydrogen) atoms. The van der Waals surface area contributed by atoms with Crippen molar-refractivity contribution >= 4 is 33.3 Å². The molecule has 2 aliphatic heterocycles. The number of carbonyl (C=O) groups is 2. The Kier molecular flexibility index (Phi) is 5.81. The van der Waals surface area contributed by atoms with E-state index in [2.05, 4.69) is 5.32 Å². The molecular formula is C25H22N2O7S. The van der Waals surface area contributed by atoms with E-state index in [1.807, 2.05) is 19.1 Å². The summed E-state index contributed by atoms with van der Waals surface area (Å²) in [6.45, 7) is 1.41. The predicted molar refractivity (Wildman–Crippen MR) is 127 cm³/mol. The third-order valence-electron chi connectivity index (χ3n) is 5.76. The molecule has 1 N–H and O–H groups in total. The highest BCUT2D eigenvalue weighted by atomic mass is 32.2. The summed E-state index contributed by atoms with van der Waals surface area (Å²) < 4.78 is 43.8. The Labute approximate surface area is 202 Å². The fourth-order valence-corrected chi connectivity index (χ4v) is 5.93. The third kappa shape index (κ3) is 4.40. The number of ether oxygens (including phenoxy) is 3. The lowest BCUT2D eigenvalue weighted by Gasteiger charge is -2.24. The number of benzene rings is 3. The minimum atomic E-state index is -3.91. The average Bonchev–Trinajstić information content (AvgIpc) is 3.45. The molecule has 0 fully saturated rings. The van der Waals surface area contributed by atoms with Gasteiger partial charge in [-0.25, -0.2) is 13.2 Å². The second-order valence-corrected chi connectivity index (χ2v) is 10.0. The van der Waals surface area contributed by atoms with Gasteiger partial charge in [-0.2, -0.15) is 0 Å². The van der Waals surface area contributed by atoms with Crippen molar-refractivity contribution in [2.45, 2.75) is 24.3 Å². The molecule has 1 atom stereocenters. The Morgan fingerprint density at radius 2 is 1.83 bits per heavy atom. The molecule has 0 saturated carbocycles. The molecule has 0 aliphatic carbocycles. The molecule has 5 rings (SSSR count). The van der Waals surface area contributed by atoms with E-state index in [4.69, 9.17) is 14.2 Å². The smallest absolute Gasteiger partial charge is 0.338 e. The average molecular weight is 495 g/mol. The van der Waals surface area contributed by atoms with E-state index in [9.17, 15) is 18.0 Å². The summed E-state index contributed by atoms with van der Waals surface area (Å²) in [6, 6.07) is 17.6. The maximum atomic E-state index is 13.4. The summed E-state index contributed by atoms with van der Waals surface area (Å²) in [5, 5.41) is 2.61. The van der Waals surface area contributed by atoms with Crippen LogP contribution in [-0.2, 0) is 26.0 Å². The maximum absolute atomic E-state index is 13.4. The number of amides is 1. The SMILES string of the molecule is C[C@@H]1Cc2ccccc2N1S(=O)(=O)c1cccc(C(=O)OCC(=O)Nc2ccc3c(c2)OCO3)c1. The zero-order valence-electron chi connectivity index (χ0n) is 18.8. The summed E-state index contributed by atoms with van der Waals surface area (Å²) in [5.41, 5.74) is 2.08. The molecule has 0 radical (unpaired) electrons. The number of hydrogen-bond donors (Lipinski definition) is 1. The quantitative estimate of drug-likeness (QED) is 0.523. The molecule has 0 aromatic heterocycles. The first-order valence-corrected chi connectivity index (χ1v) is 12.4.